The van der Waals surface area contributed by atoms with Crippen LogP contribution in [0.5, 0.6) is 0 Å². The number of para-hydroxylation sites is 1. The van der Waals surface area contributed by atoms with Crippen LogP contribution in [0.1, 0.15) is 6.42 Å². The maximum Gasteiger partial charge on any atom is 0.244 e. The Balaban J connectivity index is 1.20. The minimum Gasteiger partial charge on any atom is -0.323 e. The average molecular weight is 373 g/mol. The fraction of sp³-hybridized carbons (Fsp3) is 0.364. The second kappa shape index (κ2) is 5.50. The van der Waals surface area contributed by atoms with Crippen LogP contribution in [-0.2, 0) is 14.4 Å². The lowest BCUT2D eigenvalue weighted by Crippen LogP contribution is -2.40. The molecule has 1 saturated heterocycles. The fourth-order valence-electron chi connectivity index (χ4n) is 5.66. The molecule has 4 aliphatic carbocycles. The van der Waals surface area contributed by atoms with Gasteiger partial charge in [0.2, 0.25) is 17.7 Å². The van der Waals surface area contributed by atoms with Crippen molar-refractivity contribution >= 4 is 34.3 Å². The van der Waals surface area contributed by atoms with E-state index in [0.717, 1.165) is 17.3 Å². The molecule has 6 nitrogen and oxygen atoms in total. The maximum atomic E-state index is 12.9. The lowest BCUT2D eigenvalue weighted by molar-refractivity contribution is -0.142. The van der Waals surface area contributed by atoms with Gasteiger partial charge in [-0.15, -0.1) is 0 Å². The van der Waals surface area contributed by atoms with Crippen molar-refractivity contribution in [3.63, 3.8) is 0 Å². The molecule has 1 aromatic heterocycles. The molecular formula is C22H19N3O3. The Labute approximate surface area is 161 Å². The second-order valence-electron chi connectivity index (χ2n) is 8.38. The van der Waals surface area contributed by atoms with Crippen LogP contribution in [0.25, 0.3) is 10.9 Å². The van der Waals surface area contributed by atoms with Gasteiger partial charge >= 0.3 is 0 Å². The Morgan fingerprint density at radius 2 is 1.75 bits per heavy atom. The highest BCUT2D eigenvalue weighted by Crippen LogP contribution is 2.65. The Kier molecular flexibility index (Phi) is 3.14. The number of nitrogens with one attached hydrogen (secondary N) is 1. The number of rotatable bonds is 3. The number of hydrogen-bond donors (Lipinski definition) is 1. The summed E-state index contributed by atoms with van der Waals surface area (Å²) in [6.45, 7) is -0.230. The van der Waals surface area contributed by atoms with Gasteiger partial charge in [-0.2, -0.15) is 0 Å². The van der Waals surface area contributed by atoms with E-state index in [1.165, 1.54) is 4.90 Å². The summed E-state index contributed by atoms with van der Waals surface area (Å²) in [5.41, 5.74) is 1.40. The minimum atomic E-state index is -0.372. The zero-order valence-corrected chi connectivity index (χ0v) is 15.1. The number of likely N-dealkylation sites (tertiary alicyclic amines) is 1. The number of anilines is 1. The zero-order valence-electron chi connectivity index (χ0n) is 15.1. The van der Waals surface area contributed by atoms with Gasteiger partial charge in [-0.05, 0) is 42.2 Å². The van der Waals surface area contributed by atoms with Crippen LogP contribution < -0.4 is 5.32 Å². The summed E-state index contributed by atoms with van der Waals surface area (Å²) >= 11 is 0. The standard InChI is InChI=1S/C22H19N3O3/c26-18(24-12-7-11-3-1-2-4-17(11)23-9-12)10-25-21(27)19-13-5-6-14(16-8-15(13)16)20(19)22(25)28/h1-7,9,13-16,19-20H,8,10H2,(H,24,26)/t13-,14-,15-,16+,19-,20+/m0/s1. The van der Waals surface area contributed by atoms with Crippen LogP contribution in [0.2, 0.25) is 0 Å². The van der Waals surface area contributed by atoms with Gasteiger partial charge in [-0.1, -0.05) is 30.4 Å². The largest absolute Gasteiger partial charge is 0.323 e. The summed E-state index contributed by atoms with van der Waals surface area (Å²) in [6, 6.07) is 9.47. The summed E-state index contributed by atoms with van der Waals surface area (Å²) in [5.74, 6) is 0.225. The van der Waals surface area contributed by atoms with Crippen molar-refractivity contribution in [1.82, 2.24) is 9.88 Å². The van der Waals surface area contributed by atoms with E-state index in [4.69, 9.17) is 0 Å². The number of benzene rings is 1. The Morgan fingerprint density at radius 1 is 1.07 bits per heavy atom. The smallest absolute Gasteiger partial charge is 0.244 e. The molecule has 28 heavy (non-hydrogen) atoms. The zero-order chi connectivity index (χ0) is 19.0. The second-order valence-corrected chi connectivity index (χ2v) is 8.38. The molecule has 2 heterocycles. The molecule has 7 rings (SSSR count). The number of fused-ring (bicyclic) bond motifs is 1. The number of carbonyl (C=O) groups excluding carboxylic acids is 3. The predicted octanol–water partition coefficient (Wildman–Crippen LogP) is 2.23. The molecule has 140 valence electrons. The first-order valence-electron chi connectivity index (χ1n) is 9.80. The molecule has 0 spiro atoms. The molecule has 1 aliphatic heterocycles. The predicted molar refractivity (Wildman–Crippen MR) is 102 cm³/mol. The first-order chi connectivity index (χ1) is 13.6. The van der Waals surface area contributed by atoms with Gasteiger partial charge in [0, 0.05) is 5.39 Å². The third-order valence-electron chi connectivity index (χ3n) is 6.93. The molecule has 2 bridgehead atoms. The van der Waals surface area contributed by atoms with Crippen molar-refractivity contribution in [2.75, 3.05) is 11.9 Å². The maximum absolute atomic E-state index is 12.9. The molecule has 1 aromatic carbocycles. The number of carbonyl (C=O) groups is 3. The van der Waals surface area contributed by atoms with Crippen molar-refractivity contribution in [2.45, 2.75) is 6.42 Å². The molecule has 3 fully saturated rings. The summed E-state index contributed by atoms with van der Waals surface area (Å²) in [5, 5.41) is 3.69. The minimum absolute atomic E-state index is 0.175. The van der Waals surface area contributed by atoms with Crippen molar-refractivity contribution in [3.05, 3.63) is 48.7 Å². The molecule has 0 unspecified atom stereocenters. The number of allylic oxidation sites excluding steroid dienone is 2. The third-order valence-corrected chi connectivity index (χ3v) is 6.93. The van der Waals surface area contributed by atoms with E-state index in [1.807, 2.05) is 30.3 Å². The highest BCUT2D eigenvalue weighted by molar-refractivity contribution is 6.09. The monoisotopic (exact) mass is 373 g/mol. The van der Waals surface area contributed by atoms with Gasteiger partial charge in [0.15, 0.2) is 0 Å². The summed E-state index contributed by atoms with van der Waals surface area (Å²) in [7, 11) is 0. The number of pyridine rings is 1. The third kappa shape index (κ3) is 2.14. The first kappa shape index (κ1) is 16.0. The molecule has 2 aromatic rings. The van der Waals surface area contributed by atoms with Gasteiger partial charge in [0.25, 0.3) is 0 Å². The van der Waals surface area contributed by atoms with E-state index in [-0.39, 0.29) is 47.9 Å². The molecule has 6 atom stereocenters. The highest BCUT2D eigenvalue weighted by atomic mass is 16.2. The van der Waals surface area contributed by atoms with Crippen LogP contribution in [0, 0.1) is 35.5 Å². The Hall–Kier alpha value is -3.02. The van der Waals surface area contributed by atoms with E-state index < -0.39 is 0 Å². The summed E-state index contributed by atoms with van der Waals surface area (Å²) in [4.78, 5) is 43.9. The number of amides is 3. The fourth-order valence-corrected chi connectivity index (χ4v) is 5.66. The molecule has 3 amide bonds. The van der Waals surface area contributed by atoms with Gasteiger partial charge in [-0.25, -0.2) is 0 Å². The first-order valence-corrected chi connectivity index (χ1v) is 9.80. The van der Waals surface area contributed by atoms with Gasteiger partial charge in [0.05, 0.1) is 29.2 Å². The number of imide groups is 1. The molecule has 2 saturated carbocycles. The lowest BCUT2D eigenvalue weighted by atomic mass is 9.63. The topological polar surface area (TPSA) is 79.4 Å². The highest BCUT2D eigenvalue weighted by Gasteiger charge is 2.67. The van der Waals surface area contributed by atoms with E-state index >= 15 is 0 Å². The average Bonchev–Trinajstić information content (AvgIpc) is 3.49. The quantitative estimate of drug-likeness (QED) is 0.661. The SMILES string of the molecule is O=C(CN1C(=O)[C@@H]2[C@H]3C=C[C@@H]([C@@H]4C[C@H]34)[C@@H]2C1=O)Nc1cnc2ccccc2c1. The van der Waals surface area contributed by atoms with E-state index in [1.54, 1.807) is 6.20 Å². The van der Waals surface area contributed by atoms with Crippen LogP contribution >= 0.6 is 0 Å². The van der Waals surface area contributed by atoms with Gasteiger partial charge in [-0.3, -0.25) is 24.3 Å². The van der Waals surface area contributed by atoms with E-state index in [2.05, 4.69) is 22.5 Å². The van der Waals surface area contributed by atoms with Crippen LogP contribution in [0.3, 0.4) is 0 Å². The van der Waals surface area contributed by atoms with Crippen LogP contribution in [0.15, 0.2) is 48.7 Å². The lowest BCUT2D eigenvalue weighted by Gasteiger charge is -2.37. The van der Waals surface area contributed by atoms with Crippen LogP contribution in [-0.4, -0.2) is 34.2 Å². The van der Waals surface area contributed by atoms with Crippen LogP contribution in [0.4, 0.5) is 5.69 Å². The van der Waals surface area contributed by atoms with Gasteiger partial charge < -0.3 is 5.32 Å². The normalized spacial score (nSPS) is 34.5. The van der Waals surface area contributed by atoms with Crippen molar-refractivity contribution in [2.24, 2.45) is 35.5 Å². The molecular weight excluding hydrogens is 354 g/mol. The van der Waals surface area contributed by atoms with Crippen molar-refractivity contribution in [3.8, 4) is 0 Å². The van der Waals surface area contributed by atoms with Crippen molar-refractivity contribution < 1.29 is 14.4 Å². The number of aromatic nitrogens is 1. The Bertz CT molecular complexity index is 1040. The van der Waals surface area contributed by atoms with Gasteiger partial charge in [0.1, 0.15) is 6.54 Å². The molecule has 1 N–H and O–H groups in total. The van der Waals surface area contributed by atoms with E-state index in [0.29, 0.717) is 17.5 Å². The number of hydrogen-bond acceptors (Lipinski definition) is 4. The molecule has 0 radical (unpaired) electrons. The molecule has 6 heteroatoms. The Morgan fingerprint density at radius 3 is 2.46 bits per heavy atom. The molecule has 5 aliphatic rings. The van der Waals surface area contributed by atoms with E-state index in [9.17, 15) is 14.4 Å². The summed E-state index contributed by atoms with van der Waals surface area (Å²) in [6.07, 6.45) is 6.99. The van der Waals surface area contributed by atoms with Crippen molar-refractivity contribution in [1.29, 1.82) is 0 Å². The summed E-state index contributed by atoms with van der Waals surface area (Å²) < 4.78 is 0. The number of nitrogens with zero attached hydrogens (tertiary/aromatic N) is 2.